The zero-order chi connectivity index (χ0) is 21.7. The van der Waals surface area contributed by atoms with Crippen LogP contribution in [-0.2, 0) is 26.1 Å². The molecule has 1 atom stereocenters. The summed E-state index contributed by atoms with van der Waals surface area (Å²) in [6, 6.07) is 11.5. The Kier molecular flexibility index (Phi) is 7.12. The number of rotatable bonds is 6. The van der Waals surface area contributed by atoms with Gasteiger partial charge in [-0.3, -0.25) is 4.79 Å². The van der Waals surface area contributed by atoms with Gasteiger partial charge in [0, 0.05) is 18.1 Å². The second-order valence-corrected chi connectivity index (χ2v) is 9.32. The van der Waals surface area contributed by atoms with E-state index in [4.69, 9.17) is 16.3 Å². The number of nitrogens with zero attached hydrogens (tertiary/aromatic N) is 1. The van der Waals surface area contributed by atoms with Crippen LogP contribution < -0.4 is 5.32 Å². The maximum atomic E-state index is 13.5. The second-order valence-electron chi connectivity index (χ2n) is 7.00. The fourth-order valence-electron chi connectivity index (χ4n) is 3.35. The molecule has 9 heteroatoms. The Hall–Kier alpha value is -2.42. The van der Waals surface area contributed by atoms with E-state index in [2.05, 4.69) is 5.32 Å². The van der Waals surface area contributed by atoms with Gasteiger partial charge in [-0.1, -0.05) is 23.7 Å². The summed E-state index contributed by atoms with van der Waals surface area (Å²) in [4.78, 5) is 24.4. The van der Waals surface area contributed by atoms with E-state index in [1.807, 2.05) is 0 Å². The Balaban J connectivity index is 1.97. The molecule has 7 nitrogen and oxygen atoms in total. The number of esters is 1. The molecule has 1 aliphatic heterocycles. The molecule has 2 aromatic rings. The van der Waals surface area contributed by atoms with Crippen molar-refractivity contribution in [3.05, 3.63) is 64.7 Å². The highest BCUT2D eigenvalue weighted by Crippen LogP contribution is 2.26. The van der Waals surface area contributed by atoms with E-state index >= 15 is 0 Å². The highest BCUT2D eigenvalue weighted by Gasteiger charge is 2.36. The van der Waals surface area contributed by atoms with Crippen LogP contribution in [-0.4, -0.2) is 44.3 Å². The van der Waals surface area contributed by atoms with Crippen molar-refractivity contribution in [2.75, 3.05) is 13.7 Å². The summed E-state index contributed by atoms with van der Waals surface area (Å²) in [5.41, 5.74) is 1.01. The zero-order valence-corrected chi connectivity index (χ0v) is 18.1. The lowest BCUT2D eigenvalue weighted by Crippen LogP contribution is -2.48. The number of benzene rings is 2. The van der Waals surface area contributed by atoms with Gasteiger partial charge in [0.25, 0.3) is 0 Å². The Bertz CT molecular complexity index is 1010. The number of ether oxygens (including phenoxy) is 1. The first-order chi connectivity index (χ1) is 14.3. The van der Waals surface area contributed by atoms with Crippen molar-refractivity contribution in [2.24, 2.45) is 0 Å². The van der Waals surface area contributed by atoms with Crippen molar-refractivity contribution in [1.82, 2.24) is 9.62 Å². The van der Waals surface area contributed by atoms with Crippen molar-refractivity contribution in [3.63, 3.8) is 0 Å². The first-order valence-electron chi connectivity index (χ1n) is 9.55. The van der Waals surface area contributed by atoms with Crippen LogP contribution in [0.3, 0.4) is 0 Å². The summed E-state index contributed by atoms with van der Waals surface area (Å²) < 4.78 is 32.8. The third kappa shape index (κ3) is 5.00. The van der Waals surface area contributed by atoms with Crippen LogP contribution in [0.1, 0.15) is 35.2 Å². The molecule has 30 heavy (non-hydrogen) atoms. The predicted octanol–water partition coefficient (Wildman–Crippen LogP) is 2.99. The quantitative estimate of drug-likeness (QED) is 0.683. The van der Waals surface area contributed by atoms with E-state index in [0.29, 0.717) is 29.1 Å². The first-order valence-corrected chi connectivity index (χ1v) is 11.4. The summed E-state index contributed by atoms with van der Waals surface area (Å²) in [5.74, 6) is -0.786. The Morgan fingerprint density at radius 3 is 2.43 bits per heavy atom. The number of hydrogen-bond donors (Lipinski definition) is 1. The smallest absolute Gasteiger partial charge is 0.337 e. The summed E-state index contributed by atoms with van der Waals surface area (Å²) in [7, 11) is -2.68. The molecule has 2 aromatic carbocycles. The molecule has 0 saturated carbocycles. The molecule has 1 fully saturated rings. The molecular weight excluding hydrogens is 428 g/mol. The van der Waals surface area contributed by atoms with Gasteiger partial charge in [0.05, 0.1) is 17.6 Å². The molecule has 0 bridgehead atoms. The van der Waals surface area contributed by atoms with Crippen molar-refractivity contribution < 1.29 is 22.7 Å². The van der Waals surface area contributed by atoms with Gasteiger partial charge < -0.3 is 10.1 Å². The molecular formula is C21H23ClN2O5S. The van der Waals surface area contributed by atoms with Gasteiger partial charge >= 0.3 is 5.97 Å². The van der Waals surface area contributed by atoms with Crippen LogP contribution in [0.25, 0.3) is 0 Å². The standard InChI is InChI=1S/C21H23ClN2O5S/c1-29-21(26)16-7-5-15(6-8-16)14-24(19-4-2-3-13-23-20(19)25)30(27,28)18-11-9-17(22)10-12-18/h5-12,19H,2-4,13-14H2,1H3,(H,23,25). The number of carbonyl (C=O) groups is 2. The van der Waals surface area contributed by atoms with Gasteiger partial charge in [-0.25, -0.2) is 13.2 Å². The average Bonchev–Trinajstić information content (AvgIpc) is 2.96. The predicted molar refractivity (Wildman–Crippen MR) is 113 cm³/mol. The fraction of sp³-hybridized carbons (Fsp3) is 0.333. The SMILES string of the molecule is COC(=O)c1ccc(CN(C2CCCCNC2=O)S(=O)(=O)c2ccc(Cl)cc2)cc1. The first kappa shape index (κ1) is 22.3. The molecule has 3 rings (SSSR count). The molecule has 1 saturated heterocycles. The summed E-state index contributed by atoms with van der Waals surface area (Å²) in [5, 5.41) is 3.22. The van der Waals surface area contributed by atoms with E-state index in [1.165, 1.54) is 35.7 Å². The van der Waals surface area contributed by atoms with Gasteiger partial charge in [0.2, 0.25) is 15.9 Å². The Labute approximate surface area is 181 Å². The lowest BCUT2D eigenvalue weighted by atomic mass is 10.1. The van der Waals surface area contributed by atoms with Crippen LogP contribution in [0.4, 0.5) is 0 Å². The number of methoxy groups -OCH3 is 1. The molecule has 1 unspecified atom stereocenters. The molecule has 1 amide bonds. The fourth-order valence-corrected chi connectivity index (χ4v) is 5.08. The van der Waals surface area contributed by atoms with Crippen LogP contribution in [0, 0.1) is 0 Å². The Morgan fingerprint density at radius 1 is 1.13 bits per heavy atom. The van der Waals surface area contributed by atoms with Gasteiger partial charge in [0.1, 0.15) is 6.04 Å². The van der Waals surface area contributed by atoms with E-state index in [1.54, 1.807) is 24.3 Å². The maximum Gasteiger partial charge on any atom is 0.337 e. The van der Waals surface area contributed by atoms with Crippen molar-refractivity contribution in [2.45, 2.75) is 36.7 Å². The maximum absolute atomic E-state index is 13.5. The topological polar surface area (TPSA) is 92.8 Å². The third-order valence-corrected chi connectivity index (χ3v) is 7.11. The monoisotopic (exact) mass is 450 g/mol. The molecule has 1 N–H and O–H groups in total. The van der Waals surface area contributed by atoms with Crippen molar-refractivity contribution >= 4 is 33.5 Å². The molecule has 1 heterocycles. The minimum Gasteiger partial charge on any atom is -0.465 e. The highest BCUT2D eigenvalue weighted by atomic mass is 35.5. The molecule has 160 valence electrons. The van der Waals surface area contributed by atoms with Crippen molar-refractivity contribution in [1.29, 1.82) is 0 Å². The van der Waals surface area contributed by atoms with Crippen LogP contribution in [0.15, 0.2) is 53.4 Å². The number of nitrogens with one attached hydrogen (secondary N) is 1. The molecule has 1 aliphatic rings. The average molecular weight is 451 g/mol. The second kappa shape index (κ2) is 9.59. The van der Waals surface area contributed by atoms with Crippen LogP contribution in [0.2, 0.25) is 5.02 Å². The number of sulfonamides is 1. The summed E-state index contributed by atoms with van der Waals surface area (Å²) in [6.07, 6.45) is 1.96. The lowest BCUT2D eigenvalue weighted by Gasteiger charge is -2.29. The molecule has 0 aliphatic carbocycles. The molecule has 0 aromatic heterocycles. The zero-order valence-electron chi connectivity index (χ0n) is 16.5. The van der Waals surface area contributed by atoms with E-state index in [-0.39, 0.29) is 17.3 Å². The minimum atomic E-state index is -3.97. The van der Waals surface area contributed by atoms with Crippen molar-refractivity contribution in [3.8, 4) is 0 Å². The number of amides is 1. The van der Waals surface area contributed by atoms with Gasteiger partial charge in [-0.05, 0) is 61.2 Å². The van der Waals surface area contributed by atoms with Crippen LogP contribution >= 0.6 is 11.6 Å². The van der Waals surface area contributed by atoms with E-state index < -0.39 is 22.0 Å². The molecule has 0 radical (unpaired) electrons. The lowest BCUT2D eigenvalue weighted by molar-refractivity contribution is -0.124. The van der Waals surface area contributed by atoms with Crippen LogP contribution in [0.5, 0.6) is 0 Å². The number of carbonyl (C=O) groups excluding carboxylic acids is 2. The third-order valence-electron chi connectivity index (χ3n) is 4.99. The van der Waals surface area contributed by atoms with E-state index in [9.17, 15) is 18.0 Å². The number of halogens is 1. The highest BCUT2D eigenvalue weighted by molar-refractivity contribution is 7.89. The summed E-state index contributed by atoms with van der Waals surface area (Å²) in [6.45, 7) is 0.516. The molecule has 0 spiro atoms. The Morgan fingerprint density at radius 2 is 1.80 bits per heavy atom. The van der Waals surface area contributed by atoms with Gasteiger partial charge in [0.15, 0.2) is 0 Å². The largest absolute Gasteiger partial charge is 0.465 e. The number of hydrogen-bond acceptors (Lipinski definition) is 5. The van der Waals surface area contributed by atoms with E-state index in [0.717, 1.165) is 12.8 Å². The van der Waals surface area contributed by atoms with Gasteiger partial charge in [-0.2, -0.15) is 4.31 Å². The normalized spacial score (nSPS) is 17.3. The minimum absolute atomic E-state index is 0.00943. The summed E-state index contributed by atoms with van der Waals surface area (Å²) >= 11 is 5.91. The van der Waals surface area contributed by atoms with Gasteiger partial charge in [-0.15, -0.1) is 0 Å².